The van der Waals surface area contributed by atoms with Crippen molar-refractivity contribution in [2.24, 2.45) is 11.8 Å². The van der Waals surface area contributed by atoms with E-state index in [1.54, 1.807) is 0 Å². The van der Waals surface area contributed by atoms with Gasteiger partial charge in [-0.25, -0.2) is 4.98 Å². The number of hydrogen-bond acceptors (Lipinski definition) is 3. The molecule has 1 aliphatic carbocycles. The number of pyridine rings is 1. The second kappa shape index (κ2) is 15.6. The minimum atomic E-state index is 0. The van der Waals surface area contributed by atoms with E-state index in [1.165, 1.54) is 39.8 Å². The third kappa shape index (κ3) is 7.18. The Kier molecular flexibility index (Phi) is 11.3. The summed E-state index contributed by atoms with van der Waals surface area (Å²) in [6.07, 6.45) is 8.94. The number of fused-ring (bicyclic) bond motifs is 3. The summed E-state index contributed by atoms with van der Waals surface area (Å²) in [4.78, 5) is 4.84. The van der Waals surface area contributed by atoms with Crippen LogP contribution < -0.4 is 4.74 Å². The molecule has 3 atom stereocenters. The molecule has 0 saturated carbocycles. The summed E-state index contributed by atoms with van der Waals surface area (Å²) in [5.41, 5.74) is 10.6. The van der Waals surface area contributed by atoms with E-state index >= 15 is 0 Å². The maximum absolute atomic E-state index is 6.71. The van der Waals surface area contributed by atoms with Gasteiger partial charge < -0.3 is 9.30 Å². The first-order valence-electron chi connectivity index (χ1n) is 19.0. The molecule has 272 valence electrons. The maximum atomic E-state index is 6.71. The van der Waals surface area contributed by atoms with Crippen molar-refractivity contribution in [3.05, 3.63) is 119 Å². The Labute approximate surface area is 324 Å². The van der Waals surface area contributed by atoms with Crippen molar-refractivity contribution in [1.82, 2.24) is 19.3 Å². The molecule has 3 heterocycles. The van der Waals surface area contributed by atoms with E-state index in [-0.39, 0.29) is 27.0 Å². The fourth-order valence-electron chi connectivity index (χ4n) is 8.45. The largest absolute Gasteiger partial charge is 2.00 e. The first-order chi connectivity index (χ1) is 24.5. The second-order valence-electron chi connectivity index (χ2n) is 15.5. The minimum absolute atomic E-state index is 0. The smallest absolute Gasteiger partial charge is 0.509 e. The molecule has 6 aromatic rings. The number of nitrogens with zero attached hydrogens (tertiary/aromatic N) is 4. The van der Waals surface area contributed by atoms with Crippen molar-refractivity contribution in [3.63, 3.8) is 0 Å². The minimum Gasteiger partial charge on any atom is -0.509 e. The number of allylic oxidation sites excluding steroid dienone is 2. The van der Waals surface area contributed by atoms with E-state index in [9.17, 15) is 0 Å². The predicted octanol–water partition coefficient (Wildman–Crippen LogP) is 12.4. The standard InChI is InChI=1S/C46H52N4O.Pt/c1-10-11-14-34-19-20-47-43(23-34)49-41-16-13-12-15-39(41)40-18-17-37(27-42(40)49)51-38-25-35(28(2)3)24-36(26-38)50-46(29(4)5)45(33(9)48-50)44-31(7)21-30(6)22-32(44)8;/h12-13,15-21,23-25,28-30,32,44H,10-11,14,22H2,1-9H3;/q-2;+2/t30-,32-,44?;/m0./s1. The van der Waals surface area contributed by atoms with E-state index in [0.717, 1.165) is 52.9 Å². The fraction of sp³-hybridized carbons (Fsp3) is 0.391. The number of aryl methyl sites for hydroxylation is 2. The van der Waals surface area contributed by atoms with Gasteiger partial charge in [-0.05, 0) is 91.6 Å². The number of rotatable bonds is 10. The van der Waals surface area contributed by atoms with Gasteiger partial charge in [0.25, 0.3) is 0 Å². The Morgan fingerprint density at radius 2 is 1.69 bits per heavy atom. The van der Waals surface area contributed by atoms with Crippen LogP contribution in [0.1, 0.15) is 120 Å². The van der Waals surface area contributed by atoms with Crippen molar-refractivity contribution < 1.29 is 25.8 Å². The third-order valence-electron chi connectivity index (χ3n) is 10.7. The Balaban J connectivity index is 0.00000464. The monoisotopic (exact) mass is 871 g/mol. The van der Waals surface area contributed by atoms with Gasteiger partial charge in [0.15, 0.2) is 0 Å². The first kappa shape index (κ1) is 37.8. The summed E-state index contributed by atoms with van der Waals surface area (Å²) in [6, 6.07) is 28.7. The van der Waals surface area contributed by atoms with Gasteiger partial charge in [0.2, 0.25) is 0 Å². The summed E-state index contributed by atoms with van der Waals surface area (Å²) in [6.45, 7) is 20.5. The van der Waals surface area contributed by atoms with Crippen LogP contribution in [-0.2, 0) is 27.5 Å². The molecular weight excluding hydrogens is 820 g/mol. The number of benzene rings is 3. The van der Waals surface area contributed by atoms with Gasteiger partial charge in [0.1, 0.15) is 5.82 Å². The number of hydrogen-bond donors (Lipinski definition) is 0. The molecule has 0 spiro atoms. The zero-order valence-electron chi connectivity index (χ0n) is 32.2. The average Bonchev–Trinajstić information content (AvgIpc) is 3.61. The topological polar surface area (TPSA) is 44.9 Å². The third-order valence-corrected chi connectivity index (χ3v) is 10.7. The van der Waals surface area contributed by atoms with E-state index in [0.29, 0.717) is 35.2 Å². The van der Waals surface area contributed by atoms with Crippen molar-refractivity contribution in [2.45, 2.75) is 106 Å². The molecule has 0 fully saturated rings. The number of para-hydroxylation sites is 1. The van der Waals surface area contributed by atoms with Crippen LogP contribution in [0.15, 0.2) is 78.5 Å². The van der Waals surface area contributed by atoms with Gasteiger partial charge >= 0.3 is 21.1 Å². The SMILES string of the molecule is CCCCc1ccnc(-n2c3[c-]c(Oc4[c-]c(-n5nc(C)c(C6C(C)=C[C@H](C)C[C@@H]6C)c5C(C)C)cc(C(C)C)c4)ccc3c3ccccc32)c1.[Pt+2]. The van der Waals surface area contributed by atoms with E-state index in [4.69, 9.17) is 14.8 Å². The number of aromatic nitrogens is 4. The average molecular weight is 872 g/mol. The molecule has 0 saturated heterocycles. The zero-order chi connectivity index (χ0) is 36.0. The van der Waals surface area contributed by atoms with E-state index in [1.807, 2.05) is 12.3 Å². The molecule has 0 bridgehead atoms. The van der Waals surface area contributed by atoms with Crippen LogP contribution >= 0.6 is 0 Å². The summed E-state index contributed by atoms with van der Waals surface area (Å²) in [7, 11) is 0. The Bertz CT molecular complexity index is 2240. The Morgan fingerprint density at radius 3 is 2.42 bits per heavy atom. The van der Waals surface area contributed by atoms with Crippen LogP contribution in [0, 0.1) is 30.9 Å². The van der Waals surface area contributed by atoms with Crippen molar-refractivity contribution in [1.29, 1.82) is 0 Å². The number of unbranched alkanes of at least 4 members (excludes halogenated alkanes) is 1. The van der Waals surface area contributed by atoms with Gasteiger partial charge in [0.05, 0.1) is 5.69 Å². The molecule has 0 N–H and O–H groups in total. The molecule has 7 rings (SSSR count). The van der Waals surface area contributed by atoms with Crippen molar-refractivity contribution in [3.8, 4) is 23.0 Å². The van der Waals surface area contributed by atoms with Crippen LogP contribution in [0.25, 0.3) is 33.3 Å². The quantitative estimate of drug-likeness (QED) is 0.102. The molecule has 3 aromatic carbocycles. The Morgan fingerprint density at radius 1 is 0.904 bits per heavy atom. The van der Waals surface area contributed by atoms with Crippen LogP contribution in [0.5, 0.6) is 11.5 Å². The van der Waals surface area contributed by atoms with Crippen LogP contribution in [0.2, 0.25) is 0 Å². The molecule has 1 aliphatic rings. The molecule has 5 nitrogen and oxygen atoms in total. The molecular formula is C46H52N4OPt. The predicted molar refractivity (Wildman–Crippen MR) is 211 cm³/mol. The van der Waals surface area contributed by atoms with Gasteiger partial charge in [0, 0.05) is 40.4 Å². The van der Waals surface area contributed by atoms with Gasteiger partial charge in [-0.1, -0.05) is 90.3 Å². The van der Waals surface area contributed by atoms with Crippen LogP contribution in [-0.4, -0.2) is 19.3 Å². The summed E-state index contributed by atoms with van der Waals surface area (Å²) in [5, 5.41) is 7.53. The summed E-state index contributed by atoms with van der Waals surface area (Å²) in [5.74, 6) is 4.31. The second-order valence-corrected chi connectivity index (χ2v) is 15.5. The molecule has 6 heteroatoms. The van der Waals surface area contributed by atoms with Crippen molar-refractivity contribution >= 4 is 21.8 Å². The molecule has 0 aliphatic heterocycles. The van der Waals surface area contributed by atoms with Gasteiger partial charge in [-0.15, -0.1) is 41.3 Å². The molecule has 3 aromatic heterocycles. The normalized spacial score (nSPS) is 17.6. The molecule has 0 amide bonds. The van der Waals surface area contributed by atoms with Crippen LogP contribution in [0.4, 0.5) is 0 Å². The molecule has 0 radical (unpaired) electrons. The van der Waals surface area contributed by atoms with Gasteiger partial charge in [-0.3, -0.25) is 4.68 Å². The van der Waals surface area contributed by atoms with Crippen molar-refractivity contribution in [2.75, 3.05) is 0 Å². The molecule has 52 heavy (non-hydrogen) atoms. The van der Waals surface area contributed by atoms with Gasteiger partial charge in [-0.2, -0.15) is 11.2 Å². The molecule has 1 unspecified atom stereocenters. The summed E-state index contributed by atoms with van der Waals surface area (Å²) < 4.78 is 11.1. The maximum Gasteiger partial charge on any atom is 2.00 e. The van der Waals surface area contributed by atoms with E-state index < -0.39 is 0 Å². The fourth-order valence-corrected chi connectivity index (χ4v) is 8.45. The summed E-state index contributed by atoms with van der Waals surface area (Å²) >= 11 is 0. The zero-order valence-corrected chi connectivity index (χ0v) is 34.4. The van der Waals surface area contributed by atoms with E-state index in [2.05, 4.69) is 144 Å². The first-order valence-corrected chi connectivity index (χ1v) is 19.0. The number of ether oxygens (including phenoxy) is 1. The Hall–Kier alpha value is -3.95. The van der Waals surface area contributed by atoms with Crippen LogP contribution in [0.3, 0.4) is 0 Å².